The standard InChI is InChI=1S/C16H15ClF3N7O3S/c17-9-5-7(1-2-10(9)18)24-15(27-28)8-6-11(19)12(20)14-13(8)25-16(26-14)22-3-4-23-31(21,29)30/h1-2,5-6,23,28H,3-4H2,(H,24,27)(H2,21,29,30)(H2,22,25,26). The summed E-state index contributed by atoms with van der Waals surface area (Å²) in [5.74, 6) is -3.53. The predicted molar refractivity (Wildman–Crippen MR) is 108 cm³/mol. The Hall–Kier alpha value is -2.91. The van der Waals surface area contributed by atoms with Crippen LogP contribution in [-0.2, 0) is 10.2 Å². The molecule has 31 heavy (non-hydrogen) atoms. The third kappa shape index (κ3) is 5.42. The molecule has 0 bridgehead atoms. The summed E-state index contributed by atoms with van der Waals surface area (Å²) in [6.07, 6.45) is 0. The van der Waals surface area contributed by atoms with Crippen molar-refractivity contribution in [1.29, 1.82) is 0 Å². The molecule has 0 atom stereocenters. The Balaban J connectivity index is 1.98. The first-order valence-electron chi connectivity index (χ1n) is 8.42. The Morgan fingerprint density at radius 3 is 2.61 bits per heavy atom. The largest absolute Gasteiger partial charge is 0.354 e. The molecule has 0 saturated heterocycles. The molecule has 0 unspecified atom stereocenters. The number of amidine groups is 1. The van der Waals surface area contributed by atoms with E-state index in [1.807, 2.05) is 4.72 Å². The van der Waals surface area contributed by atoms with Gasteiger partial charge in [-0.15, -0.1) is 0 Å². The van der Waals surface area contributed by atoms with Crippen LogP contribution in [0.4, 0.5) is 24.8 Å². The van der Waals surface area contributed by atoms with Gasteiger partial charge in [0.15, 0.2) is 17.5 Å². The van der Waals surface area contributed by atoms with Gasteiger partial charge < -0.3 is 10.3 Å². The molecule has 2 aromatic carbocycles. The van der Waals surface area contributed by atoms with Gasteiger partial charge in [0.1, 0.15) is 11.3 Å². The van der Waals surface area contributed by atoms with Crippen molar-refractivity contribution in [1.82, 2.24) is 20.2 Å². The first-order chi connectivity index (χ1) is 14.6. The minimum Gasteiger partial charge on any atom is -0.354 e. The number of hydrogen-bond donors (Lipinski definition) is 6. The normalized spacial score (nSPS) is 12.4. The summed E-state index contributed by atoms with van der Waals surface area (Å²) in [5.41, 5.74) is 1.37. The maximum atomic E-state index is 14.3. The summed E-state index contributed by atoms with van der Waals surface area (Å²) in [5, 5.41) is 16.8. The van der Waals surface area contributed by atoms with Crippen LogP contribution < -0.4 is 20.7 Å². The van der Waals surface area contributed by atoms with Crippen LogP contribution in [-0.4, -0.2) is 42.5 Å². The minimum absolute atomic E-state index is 0.0147. The van der Waals surface area contributed by atoms with Gasteiger partial charge in [-0.05, 0) is 24.3 Å². The fourth-order valence-corrected chi connectivity index (χ4v) is 3.14. The second kappa shape index (κ2) is 9.07. The number of aromatic amines is 1. The summed E-state index contributed by atoms with van der Waals surface area (Å²) in [6.45, 7) is -0.0846. The number of nitrogens with two attached hydrogens (primary N) is 1. The maximum absolute atomic E-state index is 14.3. The minimum atomic E-state index is -3.89. The van der Waals surface area contributed by atoms with Crippen molar-refractivity contribution in [2.45, 2.75) is 0 Å². The zero-order chi connectivity index (χ0) is 22.8. The number of H-pyrrole nitrogens is 1. The molecule has 10 nitrogen and oxygen atoms in total. The maximum Gasteiger partial charge on any atom is 0.274 e. The number of fused-ring (bicyclic) bond motifs is 1. The number of anilines is 1. The number of nitrogens with one attached hydrogen (secondary N) is 4. The highest BCUT2D eigenvalue weighted by Gasteiger charge is 2.20. The second-order valence-corrected chi connectivity index (χ2v) is 7.85. The number of aliphatic imine (C=N–C) groups is 1. The lowest BCUT2D eigenvalue weighted by Crippen LogP contribution is -2.34. The van der Waals surface area contributed by atoms with Gasteiger partial charge in [-0.25, -0.2) is 33.0 Å². The molecule has 3 rings (SSSR count). The molecule has 1 aromatic heterocycles. The Morgan fingerprint density at radius 2 is 1.97 bits per heavy atom. The zero-order valence-corrected chi connectivity index (χ0v) is 17.0. The third-order valence-electron chi connectivity index (χ3n) is 3.89. The summed E-state index contributed by atoms with van der Waals surface area (Å²) < 4.78 is 65.5. The quantitative estimate of drug-likeness (QED) is 0.132. The number of halogens is 4. The molecule has 1 heterocycles. The molecule has 0 radical (unpaired) electrons. The average Bonchev–Trinajstić information content (AvgIpc) is 3.13. The fraction of sp³-hybridized carbons (Fsp3) is 0.125. The van der Waals surface area contributed by atoms with Gasteiger partial charge in [-0.2, -0.15) is 8.42 Å². The third-order valence-corrected chi connectivity index (χ3v) is 4.78. The van der Waals surface area contributed by atoms with Gasteiger partial charge >= 0.3 is 0 Å². The Morgan fingerprint density at radius 1 is 1.23 bits per heavy atom. The van der Waals surface area contributed by atoms with E-state index in [1.165, 1.54) is 12.1 Å². The molecule has 0 aliphatic carbocycles. The first kappa shape index (κ1) is 22.8. The summed E-state index contributed by atoms with van der Waals surface area (Å²) in [7, 11) is -3.89. The average molecular weight is 478 g/mol. The van der Waals surface area contributed by atoms with Gasteiger partial charge in [-0.3, -0.25) is 10.7 Å². The number of rotatable bonds is 7. The molecule has 7 N–H and O–H groups in total. The van der Waals surface area contributed by atoms with Crippen LogP contribution in [0.1, 0.15) is 5.56 Å². The van der Waals surface area contributed by atoms with Crippen molar-refractivity contribution < 1.29 is 26.8 Å². The van der Waals surface area contributed by atoms with E-state index in [4.69, 9.17) is 16.7 Å². The first-order valence-corrected chi connectivity index (χ1v) is 10.3. The van der Waals surface area contributed by atoms with Crippen molar-refractivity contribution in [2.75, 3.05) is 18.4 Å². The molecule has 0 fully saturated rings. The molecule has 0 amide bonds. The SMILES string of the molecule is NS(=O)(=O)NCCNc1nc2c(F)c(F)cc(C(=Nc3ccc(F)c(Cl)c3)NO)c2[nH]1. The van der Waals surface area contributed by atoms with E-state index < -0.39 is 33.2 Å². The molecular weight excluding hydrogens is 463 g/mol. The van der Waals surface area contributed by atoms with E-state index in [0.29, 0.717) is 0 Å². The molecule has 0 aliphatic heterocycles. The summed E-state index contributed by atoms with van der Waals surface area (Å²) >= 11 is 5.71. The lowest BCUT2D eigenvalue weighted by atomic mass is 10.1. The highest BCUT2D eigenvalue weighted by atomic mass is 35.5. The summed E-state index contributed by atoms with van der Waals surface area (Å²) in [6, 6.07) is 4.25. The van der Waals surface area contributed by atoms with Gasteiger partial charge in [0.2, 0.25) is 5.95 Å². The van der Waals surface area contributed by atoms with E-state index in [2.05, 4.69) is 20.3 Å². The van der Waals surface area contributed by atoms with E-state index >= 15 is 0 Å². The van der Waals surface area contributed by atoms with Crippen molar-refractivity contribution >= 4 is 50.3 Å². The van der Waals surface area contributed by atoms with Gasteiger partial charge in [0, 0.05) is 18.7 Å². The fourth-order valence-electron chi connectivity index (χ4n) is 2.58. The molecule has 0 spiro atoms. The van der Waals surface area contributed by atoms with E-state index in [0.717, 1.165) is 12.1 Å². The van der Waals surface area contributed by atoms with Crippen LogP contribution in [0.25, 0.3) is 11.0 Å². The van der Waals surface area contributed by atoms with Crippen LogP contribution in [0.5, 0.6) is 0 Å². The molecule has 15 heteroatoms. The van der Waals surface area contributed by atoms with Gasteiger partial charge in [0.05, 0.1) is 16.2 Å². The Bertz CT molecular complexity index is 1270. The number of aromatic nitrogens is 2. The van der Waals surface area contributed by atoms with Crippen molar-refractivity contribution in [3.63, 3.8) is 0 Å². The van der Waals surface area contributed by atoms with Crippen LogP contribution in [0, 0.1) is 17.5 Å². The lowest BCUT2D eigenvalue weighted by Gasteiger charge is -2.08. The Kier molecular flexibility index (Phi) is 6.66. The lowest BCUT2D eigenvalue weighted by molar-refractivity contribution is 0.235. The van der Waals surface area contributed by atoms with Crippen molar-refractivity contribution in [3.05, 3.63) is 52.3 Å². The smallest absolute Gasteiger partial charge is 0.274 e. The van der Waals surface area contributed by atoms with Crippen LogP contribution in [0.3, 0.4) is 0 Å². The number of nitrogens with zero attached hydrogens (tertiary/aromatic N) is 2. The van der Waals surface area contributed by atoms with Crippen molar-refractivity contribution in [2.24, 2.45) is 10.1 Å². The monoisotopic (exact) mass is 477 g/mol. The number of hydroxylamine groups is 1. The molecule has 3 aromatic rings. The Labute approximate surface area is 178 Å². The molecule has 166 valence electrons. The highest BCUT2D eigenvalue weighted by Crippen LogP contribution is 2.27. The number of benzene rings is 2. The zero-order valence-electron chi connectivity index (χ0n) is 15.4. The van der Waals surface area contributed by atoms with Crippen molar-refractivity contribution in [3.8, 4) is 0 Å². The van der Waals surface area contributed by atoms with E-state index in [9.17, 15) is 26.8 Å². The van der Waals surface area contributed by atoms with Crippen LogP contribution in [0.2, 0.25) is 5.02 Å². The van der Waals surface area contributed by atoms with Crippen LogP contribution in [0.15, 0.2) is 29.3 Å². The number of imidazole rings is 1. The summed E-state index contributed by atoms with van der Waals surface area (Å²) in [4.78, 5) is 10.6. The second-order valence-electron chi connectivity index (χ2n) is 6.07. The van der Waals surface area contributed by atoms with E-state index in [-0.39, 0.29) is 46.7 Å². The molecular formula is C16H15ClF3N7O3S. The van der Waals surface area contributed by atoms with Gasteiger partial charge in [-0.1, -0.05) is 11.6 Å². The topological polar surface area (TPSA) is 158 Å². The predicted octanol–water partition coefficient (Wildman–Crippen LogP) is 1.90. The number of hydrogen-bond acceptors (Lipinski definition) is 6. The molecule has 0 aliphatic rings. The van der Waals surface area contributed by atoms with Gasteiger partial charge in [0.25, 0.3) is 10.2 Å². The highest BCUT2D eigenvalue weighted by molar-refractivity contribution is 7.87. The van der Waals surface area contributed by atoms with Crippen LogP contribution >= 0.6 is 11.6 Å². The molecule has 0 saturated carbocycles. The van der Waals surface area contributed by atoms with E-state index in [1.54, 1.807) is 5.48 Å².